The van der Waals surface area contributed by atoms with Crippen molar-refractivity contribution in [2.45, 2.75) is 45.9 Å². The molecule has 0 aliphatic carbocycles. The molecule has 5 N–H and O–H groups in total. The normalized spacial score (nSPS) is 14.5. The number of carbonyl (C=O) groups excluding carboxylic acids is 1. The first-order valence-electron chi connectivity index (χ1n) is 11.6. The lowest BCUT2D eigenvalue weighted by Gasteiger charge is -2.29. The molecule has 4 heterocycles. The van der Waals surface area contributed by atoms with Crippen molar-refractivity contribution in [3.05, 3.63) is 53.8 Å². The molecule has 3 aromatic heterocycles. The van der Waals surface area contributed by atoms with E-state index in [1.807, 2.05) is 25.3 Å². The number of imidazole rings is 1. The van der Waals surface area contributed by atoms with Crippen LogP contribution in [0.5, 0.6) is 0 Å². The van der Waals surface area contributed by atoms with Crippen LogP contribution < -0.4 is 11.5 Å². The van der Waals surface area contributed by atoms with Crippen molar-refractivity contribution in [1.29, 1.82) is 0 Å². The highest BCUT2D eigenvalue weighted by atomic mass is 16.6. The number of nitrogen functional groups attached to an aromatic ring is 1. The van der Waals surface area contributed by atoms with Gasteiger partial charge in [-0.25, -0.2) is 19.7 Å². The van der Waals surface area contributed by atoms with Gasteiger partial charge in [-0.2, -0.15) is 0 Å². The number of amides is 1. The maximum Gasteiger partial charge on any atom is 0.410 e. The SMILES string of the molecule is CC(C)(C)OC(=O)N1CC=C(c2cc(Cn3cnc4c(N)ncnc43)c3[nH]c(CN)cc3c2)CC1. The van der Waals surface area contributed by atoms with Crippen molar-refractivity contribution in [3.8, 4) is 0 Å². The molecule has 0 unspecified atom stereocenters. The third kappa shape index (κ3) is 4.57. The number of hydrogen-bond acceptors (Lipinski definition) is 7. The number of nitrogens with zero attached hydrogens (tertiary/aromatic N) is 5. The molecule has 1 aliphatic rings. The van der Waals surface area contributed by atoms with E-state index in [1.54, 1.807) is 11.2 Å². The molecule has 4 aromatic rings. The molecule has 35 heavy (non-hydrogen) atoms. The van der Waals surface area contributed by atoms with Gasteiger partial charge in [0, 0.05) is 30.7 Å². The molecule has 0 saturated carbocycles. The summed E-state index contributed by atoms with van der Waals surface area (Å²) < 4.78 is 7.49. The van der Waals surface area contributed by atoms with Gasteiger partial charge in [-0.3, -0.25) is 0 Å². The average Bonchev–Trinajstić information content (AvgIpc) is 3.43. The highest BCUT2D eigenvalue weighted by molar-refractivity contribution is 5.88. The zero-order valence-electron chi connectivity index (χ0n) is 20.2. The Balaban J connectivity index is 1.48. The van der Waals surface area contributed by atoms with Crippen molar-refractivity contribution in [2.24, 2.45) is 5.73 Å². The second kappa shape index (κ2) is 8.70. The summed E-state index contributed by atoms with van der Waals surface area (Å²) in [5, 5.41) is 1.09. The molecular formula is C25H30N8O2. The van der Waals surface area contributed by atoms with Gasteiger partial charge < -0.3 is 30.7 Å². The zero-order chi connectivity index (χ0) is 24.7. The van der Waals surface area contributed by atoms with E-state index in [4.69, 9.17) is 16.2 Å². The number of fused-ring (bicyclic) bond motifs is 2. The fraction of sp³-hybridized carbons (Fsp3) is 0.360. The van der Waals surface area contributed by atoms with E-state index in [0.29, 0.717) is 43.2 Å². The number of hydrogen-bond donors (Lipinski definition) is 3. The Bertz CT molecular complexity index is 1440. The molecule has 0 saturated heterocycles. The predicted molar refractivity (Wildman–Crippen MR) is 135 cm³/mol. The number of carbonyl (C=O) groups is 1. The van der Waals surface area contributed by atoms with E-state index in [2.05, 4.69) is 44.2 Å². The van der Waals surface area contributed by atoms with E-state index in [9.17, 15) is 4.79 Å². The molecule has 0 fully saturated rings. The molecule has 0 spiro atoms. The van der Waals surface area contributed by atoms with Gasteiger partial charge >= 0.3 is 6.09 Å². The van der Waals surface area contributed by atoms with Crippen LogP contribution in [0, 0.1) is 0 Å². The van der Waals surface area contributed by atoms with Crippen molar-refractivity contribution >= 4 is 39.6 Å². The minimum absolute atomic E-state index is 0.282. The fourth-order valence-corrected chi connectivity index (χ4v) is 4.42. The summed E-state index contributed by atoms with van der Waals surface area (Å²) >= 11 is 0. The molecule has 0 radical (unpaired) electrons. The van der Waals surface area contributed by atoms with Gasteiger partial charge in [0.1, 0.15) is 17.4 Å². The summed E-state index contributed by atoms with van der Waals surface area (Å²) in [5.41, 5.74) is 18.1. The number of nitrogens with two attached hydrogens (primary N) is 2. The largest absolute Gasteiger partial charge is 0.444 e. The van der Waals surface area contributed by atoms with E-state index < -0.39 is 5.60 Å². The van der Waals surface area contributed by atoms with E-state index in [0.717, 1.165) is 34.1 Å². The van der Waals surface area contributed by atoms with E-state index in [-0.39, 0.29) is 6.09 Å². The maximum absolute atomic E-state index is 12.5. The second-order valence-corrected chi connectivity index (χ2v) is 9.81. The number of H-pyrrole nitrogens is 1. The fourth-order valence-electron chi connectivity index (χ4n) is 4.42. The Morgan fingerprint density at radius 3 is 2.74 bits per heavy atom. The number of aromatic nitrogens is 5. The third-order valence-electron chi connectivity index (χ3n) is 6.09. The number of anilines is 1. The Hall–Kier alpha value is -3.92. The molecule has 0 bridgehead atoms. The molecule has 5 rings (SSSR count). The Labute approximate surface area is 203 Å². The first-order chi connectivity index (χ1) is 16.7. The average molecular weight is 475 g/mol. The first kappa shape index (κ1) is 22.9. The summed E-state index contributed by atoms with van der Waals surface area (Å²) in [5.74, 6) is 0.361. The third-order valence-corrected chi connectivity index (χ3v) is 6.09. The van der Waals surface area contributed by atoms with E-state index in [1.165, 1.54) is 11.9 Å². The van der Waals surface area contributed by atoms with Crippen LogP contribution in [0.4, 0.5) is 10.6 Å². The van der Waals surface area contributed by atoms with Gasteiger partial charge in [0.2, 0.25) is 0 Å². The van der Waals surface area contributed by atoms with Gasteiger partial charge in [0.25, 0.3) is 0 Å². The highest BCUT2D eigenvalue weighted by Crippen LogP contribution is 2.30. The second-order valence-electron chi connectivity index (χ2n) is 9.81. The van der Waals surface area contributed by atoms with Crippen LogP contribution in [0.2, 0.25) is 0 Å². The Kier molecular flexibility index (Phi) is 5.68. The van der Waals surface area contributed by atoms with Crippen LogP contribution in [0.15, 0.2) is 36.9 Å². The van der Waals surface area contributed by atoms with Crippen molar-refractivity contribution in [3.63, 3.8) is 0 Å². The smallest absolute Gasteiger partial charge is 0.410 e. The van der Waals surface area contributed by atoms with Gasteiger partial charge in [-0.05, 0) is 62.1 Å². The monoisotopic (exact) mass is 474 g/mol. The predicted octanol–water partition coefficient (Wildman–Crippen LogP) is 3.42. The maximum atomic E-state index is 12.5. The first-order valence-corrected chi connectivity index (χ1v) is 11.6. The Morgan fingerprint density at radius 2 is 2.03 bits per heavy atom. The van der Waals surface area contributed by atoms with Crippen LogP contribution in [0.25, 0.3) is 27.6 Å². The van der Waals surface area contributed by atoms with E-state index >= 15 is 0 Å². The van der Waals surface area contributed by atoms with Crippen LogP contribution >= 0.6 is 0 Å². The number of benzene rings is 1. The lowest BCUT2D eigenvalue weighted by atomic mass is 9.96. The molecular weight excluding hydrogens is 444 g/mol. The summed E-state index contributed by atoms with van der Waals surface area (Å²) in [6.07, 6.45) is 5.76. The van der Waals surface area contributed by atoms with Gasteiger partial charge in [-0.15, -0.1) is 0 Å². The highest BCUT2D eigenvalue weighted by Gasteiger charge is 2.24. The van der Waals surface area contributed by atoms with Crippen LogP contribution in [0.3, 0.4) is 0 Å². The minimum Gasteiger partial charge on any atom is -0.444 e. The molecule has 10 heteroatoms. The van der Waals surface area contributed by atoms with Gasteiger partial charge in [-0.1, -0.05) is 6.08 Å². The molecule has 182 valence electrons. The zero-order valence-corrected chi connectivity index (χ0v) is 20.2. The van der Waals surface area contributed by atoms with Crippen molar-refractivity contribution in [2.75, 3.05) is 18.8 Å². The van der Waals surface area contributed by atoms with Crippen LogP contribution in [0.1, 0.15) is 44.0 Å². The molecule has 1 aliphatic heterocycles. The number of ether oxygens (including phenoxy) is 1. The minimum atomic E-state index is -0.511. The number of rotatable bonds is 4. The van der Waals surface area contributed by atoms with Crippen LogP contribution in [-0.4, -0.2) is 54.2 Å². The lowest BCUT2D eigenvalue weighted by Crippen LogP contribution is -2.39. The lowest BCUT2D eigenvalue weighted by molar-refractivity contribution is 0.0270. The molecule has 1 aromatic carbocycles. The van der Waals surface area contributed by atoms with Gasteiger partial charge in [0.15, 0.2) is 11.5 Å². The standard InChI is InChI=1S/C25H30N8O2/c1-25(2,3)35-24(34)32-6-4-15(5-7-32)16-8-17-10-19(11-26)31-20(17)18(9-16)12-33-14-30-21-22(27)28-13-29-23(21)33/h4,8-10,13-14,31H,5-7,11-12,26H2,1-3H3,(H2,27,28,29). The molecule has 0 atom stereocenters. The summed E-state index contributed by atoms with van der Waals surface area (Å²) in [6.45, 7) is 7.74. The van der Waals surface area contributed by atoms with Gasteiger partial charge in [0.05, 0.1) is 18.4 Å². The van der Waals surface area contributed by atoms with Crippen molar-refractivity contribution < 1.29 is 9.53 Å². The van der Waals surface area contributed by atoms with Crippen molar-refractivity contribution in [1.82, 2.24) is 29.4 Å². The number of nitrogens with one attached hydrogen (secondary N) is 1. The topological polar surface area (TPSA) is 141 Å². The molecule has 10 nitrogen and oxygen atoms in total. The number of aromatic amines is 1. The summed E-state index contributed by atoms with van der Waals surface area (Å²) in [6, 6.07) is 6.45. The summed E-state index contributed by atoms with van der Waals surface area (Å²) in [4.78, 5) is 30.5. The summed E-state index contributed by atoms with van der Waals surface area (Å²) in [7, 11) is 0. The Morgan fingerprint density at radius 1 is 1.20 bits per heavy atom. The van der Waals surface area contributed by atoms with Crippen LogP contribution in [-0.2, 0) is 17.8 Å². The quantitative estimate of drug-likeness (QED) is 0.411. The molecule has 1 amide bonds.